The molecule has 3 aromatic rings. The molecule has 0 spiro atoms. The zero-order valence-corrected chi connectivity index (χ0v) is 18.6. The number of nitrogens with zero attached hydrogens (tertiary/aromatic N) is 2. The first-order valence-corrected chi connectivity index (χ1v) is 11.4. The number of nitrogens with two attached hydrogens (primary N) is 1. The number of nitrogens with one attached hydrogen (secondary N) is 1. The van der Waals surface area contributed by atoms with Gasteiger partial charge in [-0.15, -0.1) is 5.48 Å². The molecule has 10 nitrogen and oxygen atoms in total. The van der Waals surface area contributed by atoms with Gasteiger partial charge in [0.1, 0.15) is 17.6 Å². The number of halogens is 3. The van der Waals surface area contributed by atoms with E-state index in [9.17, 15) is 22.6 Å². The van der Waals surface area contributed by atoms with E-state index in [1.807, 2.05) is 0 Å². The molecule has 4 rings (SSSR count). The van der Waals surface area contributed by atoms with Crippen LogP contribution in [-0.4, -0.2) is 9.88 Å². The molecule has 14 heteroatoms. The maximum absolute atomic E-state index is 13.8. The van der Waals surface area contributed by atoms with Gasteiger partial charge in [0, 0.05) is 12.5 Å². The second-order valence-electron chi connectivity index (χ2n) is 7.47. The van der Waals surface area contributed by atoms with Crippen molar-refractivity contribution in [3.63, 3.8) is 0 Å². The van der Waals surface area contributed by atoms with Crippen LogP contribution in [0.25, 0.3) is 0 Å². The van der Waals surface area contributed by atoms with Gasteiger partial charge in [-0.1, -0.05) is 12.1 Å². The summed E-state index contributed by atoms with van der Waals surface area (Å²) in [4.78, 5) is 28.2. The lowest BCUT2D eigenvalue weighted by Gasteiger charge is -2.27. The Hall–Kier alpha value is -3.48. The highest BCUT2D eigenvalue weighted by Gasteiger charge is 2.38. The molecule has 0 amide bonds. The van der Waals surface area contributed by atoms with Crippen LogP contribution in [0.2, 0.25) is 0 Å². The van der Waals surface area contributed by atoms with Crippen LogP contribution in [0.3, 0.4) is 0 Å². The number of ether oxygens (including phenoxy) is 1. The summed E-state index contributed by atoms with van der Waals surface area (Å²) in [6.45, 7) is -0.543. The van der Waals surface area contributed by atoms with Crippen LogP contribution in [0, 0.1) is 17.6 Å². The highest BCUT2D eigenvalue weighted by Crippen LogP contribution is 2.35. The molecule has 0 bridgehead atoms. The Morgan fingerprint density at radius 2 is 1.97 bits per heavy atom. The van der Waals surface area contributed by atoms with Crippen LogP contribution >= 0.6 is 7.82 Å². The number of pyridine rings is 2. The first kappa shape index (κ1) is 24.6. The van der Waals surface area contributed by atoms with Crippen molar-refractivity contribution in [2.24, 2.45) is 0 Å². The van der Waals surface area contributed by atoms with Crippen LogP contribution < -0.4 is 25.4 Å². The predicted octanol–water partition coefficient (Wildman–Crippen LogP) is 2.08. The van der Waals surface area contributed by atoms with Crippen molar-refractivity contribution >= 4 is 13.6 Å². The van der Waals surface area contributed by atoms with E-state index in [0.29, 0.717) is 11.6 Å². The molecule has 0 saturated carbocycles. The zero-order valence-electron chi connectivity index (χ0n) is 17.7. The molecule has 2 atom stereocenters. The fourth-order valence-electron chi connectivity index (χ4n) is 3.46. The minimum atomic E-state index is -4.96. The lowest BCUT2D eigenvalue weighted by atomic mass is 9.85. The van der Waals surface area contributed by atoms with Crippen molar-refractivity contribution in [3.05, 3.63) is 89.7 Å². The fraction of sp³-hybridized carbons (Fsp3) is 0.143. The molecule has 0 radical (unpaired) electrons. The maximum atomic E-state index is 13.8. The third-order valence-electron chi connectivity index (χ3n) is 5.09. The standard InChI is InChI=1S/C21H18F3N4O6P/c22-16-10-17(23)20(26-18(16)24)34-14-5-3-13(4-6-14)11-21(7-9-32-27-21)15-2-1-8-28(19(15)25)12-33-35(29,30)31/h1-10,25,27H,11-12H2,(H2,29,30,31). The van der Waals surface area contributed by atoms with Gasteiger partial charge in [-0.05, 0) is 35.9 Å². The number of rotatable bonds is 8. The summed E-state index contributed by atoms with van der Waals surface area (Å²) in [6.07, 6.45) is 4.89. The molecule has 1 aliphatic rings. The van der Waals surface area contributed by atoms with Crippen LogP contribution in [0.4, 0.5) is 19.0 Å². The molecule has 0 aliphatic carbocycles. The second-order valence-corrected chi connectivity index (χ2v) is 8.66. The van der Waals surface area contributed by atoms with Gasteiger partial charge in [0.2, 0.25) is 0 Å². The van der Waals surface area contributed by atoms with E-state index in [2.05, 4.69) is 15.0 Å². The van der Waals surface area contributed by atoms with Crippen molar-refractivity contribution in [1.29, 1.82) is 0 Å². The number of phosphoric ester groups is 1. The van der Waals surface area contributed by atoms with Gasteiger partial charge in [0.15, 0.2) is 18.4 Å². The second kappa shape index (κ2) is 9.64. The third kappa shape index (κ3) is 5.61. The summed E-state index contributed by atoms with van der Waals surface area (Å²) >= 11 is 0. The zero-order chi connectivity index (χ0) is 25.2. The van der Waals surface area contributed by atoms with Crippen LogP contribution in [0.1, 0.15) is 11.1 Å². The van der Waals surface area contributed by atoms with Gasteiger partial charge in [0.25, 0.3) is 25.5 Å². The largest absolute Gasteiger partial charge is 0.756 e. The van der Waals surface area contributed by atoms with E-state index in [0.717, 1.165) is 5.56 Å². The number of anilines is 1. The molecule has 4 N–H and O–H groups in total. The quantitative estimate of drug-likeness (QED) is 0.236. The minimum Gasteiger partial charge on any atom is -0.756 e. The Bertz CT molecular complexity index is 1320. The SMILES string of the molecule is Nc1c(C2(Cc3ccc(Oc4nc(F)c(F)cc4F)cc3)C=CON2)ccc[n+]1COP(=O)([O-])O. The molecule has 0 saturated heterocycles. The Morgan fingerprint density at radius 1 is 1.23 bits per heavy atom. The average Bonchev–Trinajstić information content (AvgIpc) is 3.27. The van der Waals surface area contributed by atoms with Gasteiger partial charge >= 0.3 is 0 Å². The van der Waals surface area contributed by atoms with Crippen molar-refractivity contribution in [3.8, 4) is 11.6 Å². The smallest absolute Gasteiger partial charge is 0.279 e. The van der Waals surface area contributed by atoms with Gasteiger partial charge in [0.05, 0.1) is 11.8 Å². The lowest BCUT2D eigenvalue weighted by Crippen LogP contribution is -2.45. The Balaban J connectivity index is 1.56. The van der Waals surface area contributed by atoms with Crippen molar-refractivity contribution in [2.45, 2.75) is 18.7 Å². The number of benzene rings is 1. The highest BCUT2D eigenvalue weighted by atomic mass is 31.2. The van der Waals surface area contributed by atoms with E-state index in [-0.39, 0.29) is 18.0 Å². The number of phosphoric acid groups is 1. The van der Waals surface area contributed by atoms with E-state index >= 15 is 0 Å². The first-order chi connectivity index (χ1) is 16.6. The molecule has 184 valence electrons. The summed E-state index contributed by atoms with van der Waals surface area (Å²) in [6, 6.07) is 9.92. The summed E-state index contributed by atoms with van der Waals surface area (Å²) in [5, 5.41) is 0. The summed E-state index contributed by atoms with van der Waals surface area (Å²) in [5.41, 5.74) is 9.40. The normalized spacial score (nSPS) is 18.8. The van der Waals surface area contributed by atoms with E-state index in [4.69, 9.17) is 20.2 Å². The molecular formula is C21H18F3N4O6P. The number of nitrogen functional groups attached to an aromatic ring is 1. The van der Waals surface area contributed by atoms with E-state index in [1.54, 1.807) is 30.3 Å². The Kier molecular flexibility index (Phi) is 6.79. The molecule has 1 aliphatic heterocycles. The molecule has 1 aromatic carbocycles. The monoisotopic (exact) mass is 510 g/mol. The molecule has 35 heavy (non-hydrogen) atoms. The van der Waals surface area contributed by atoms with Gasteiger partial charge < -0.3 is 19.4 Å². The lowest BCUT2D eigenvalue weighted by molar-refractivity contribution is -0.713. The fourth-order valence-corrected chi connectivity index (χ4v) is 3.73. The number of hydrogen-bond donors (Lipinski definition) is 3. The number of aromatic nitrogens is 2. The minimum absolute atomic E-state index is 0.131. The summed E-state index contributed by atoms with van der Waals surface area (Å²) in [7, 11) is -4.96. The van der Waals surface area contributed by atoms with Crippen molar-refractivity contribution in [2.75, 3.05) is 5.73 Å². The van der Waals surface area contributed by atoms with Crippen LogP contribution in [-0.2, 0) is 32.6 Å². The summed E-state index contributed by atoms with van der Waals surface area (Å²) < 4.78 is 62.0. The Labute approximate surface area is 196 Å². The van der Waals surface area contributed by atoms with Crippen molar-refractivity contribution < 1.29 is 46.2 Å². The van der Waals surface area contributed by atoms with Crippen molar-refractivity contribution in [1.82, 2.24) is 10.5 Å². The van der Waals surface area contributed by atoms with Gasteiger partial charge in [-0.2, -0.15) is 9.37 Å². The third-order valence-corrected chi connectivity index (χ3v) is 5.53. The molecular weight excluding hydrogens is 492 g/mol. The molecule has 2 unspecified atom stereocenters. The predicted molar refractivity (Wildman–Crippen MR) is 111 cm³/mol. The van der Waals surface area contributed by atoms with Crippen LogP contribution in [0.5, 0.6) is 11.6 Å². The Morgan fingerprint density at radius 3 is 2.63 bits per heavy atom. The summed E-state index contributed by atoms with van der Waals surface area (Å²) in [5.74, 6) is -4.51. The topological polar surface area (TPSA) is 143 Å². The molecule has 2 aromatic heterocycles. The van der Waals surface area contributed by atoms with E-state index < -0.39 is 43.6 Å². The first-order valence-electron chi connectivity index (χ1n) is 9.92. The van der Waals surface area contributed by atoms with E-state index in [1.165, 1.54) is 29.2 Å². The molecule has 3 heterocycles. The van der Waals surface area contributed by atoms with Crippen LogP contribution in [0.15, 0.2) is 61.0 Å². The van der Waals surface area contributed by atoms with Gasteiger partial charge in [-0.25, -0.2) is 13.3 Å². The molecule has 0 fully saturated rings. The van der Waals surface area contributed by atoms with Gasteiger partial charge in [-0.3, -0.25) is 14.8 Å². The highest BCUT2D eigenvalue weighted by molar-refractivity contribution is 7.44. The number of hydrogen-bond acceptors (Lipinski definition) is 8. The average molecular weight is 510 g/mol. The maximum Gasteiger partial charge on any atom is 0.279 e. The number of hydroxylamine groups is 1.